The van der Waals surface area contributed by atoms with E-state index >= 15 is 0 Å². The lowest BCUT2D eigenvalue weighted by atomic mass is 9.63. The van der Waals surface area contributed by atoms with Gasteiger partial charge in [-0.3, -0.25) is 14.4 Å². The zero-order chi connectivity index (χ0) is 83.5. The maximum Gasteiger partial charge on any atom is 0.429 e. The predicted molar refractivity (Wildman–Crippen MR) is 421 cm³/mol. The van der Waals surface area contributed by atoms with Gasteiger partial charge >= 0.3 is 75.8 Å². The van der Waals surface area contributed by atoms with Crippen molar-refractivity contribution in [2.45, 2.75) is 153 Å². The van der Waals surface area contributed by atoms with Crippen LogP contribution in [0.15, 0.2) is 182 Å². The molecule has 9 N–H and O–H groups in total. The number of benzene rings is 6. The van der Waals surface area contributed by atoms with Crippen molar-refractivity contribution in [3.8, 4) is 0 Å². The third-order valence-electron chi connectivity index (χ3n) is 21.1. The Morgan fingerprint density at radius 1 is 0.342 bits per heavy atom. The lowest BCUT2D eigenvalue weighted by molar-refractivity contribution is -0.147. The molecule has 6 aromatic rings. The molecular weight excluding hydrogens is 1520 g/mol. The van der Waals surface area contributed by atoms with E-state index in [1.165, 1.54) is 35.5 Å². The summed E-state index contributed by atoms with van der Waals surface area (Å²) in [6, 6.07) is 48.6. The molecule has 618 valence electrons. The van der Waals surface area contributed by atoms with E-state index in [0.29, 0.717) is 33.4 Å². The van der Waals surface area contributed by atoms with Gasteiger partial charge in [0.1, 0.15) is 57.8 Å². The molecule has 0 bridgehead atoms. The van der Waals surface area contributed by atoms with Gasteiger partial charge in [-0.15, -0.1) is 0 Å². The van der Waals surface area contributed by atoms with Gasteiger partial charge in [-0.05, 0) is 92.4 Å². The molecular formula is C81H96B3N9O24. The van der Waals surface area contributed by atoms with Gasteiger partial charge in [0.25, 0.3) is 0 Å². The monoisotopic (exact) mass is 1610 g/mol. The van der Waals surface area contributed by atoms with Crippen LogP contribution in [-0.4, -0.2) is 198 Å². The van der Waals surface area contributed by atoms with Crippen LogP contribution >= 0.6 is 0 Å². The van der Waals surface area contributed by atoms with Gasteiger partial charge in [0.15, 0.2) is 16.6 Å². The first kappa shape index (κ1) is 87.2. The highest BCUT2D eigenvalue weighted by atomic mass is 16.7. The van der Waals surface area contributed by atoms with Crippen molar-refractivity contribution in [1.82, 2.24) is 46.6 Å². The fraction of sp³-hybridized carbons (Fsp3) is 0.407. The van der Waals surface area contributed by atoms with Crippen molar-refractivity contribution in [3.63, 3.8) is 0 Å². The minimum Gasteiger partial charge on any atom is -0.479 e. The molecule has 0 aliphatic carbocycles. The molecule has 9 amide bonds. The quantitative estimate of drug-likeness (QED) is 0.0131. The third kappa shape index (κ3) is 24.5. The molecule has 0 saturated carbocycles. The average molecular weight is 1610 g/mol. The fourth-order valence-electron chi connectivity index (χ4n) is 14.8. The zero-order valence-corrected chi connectivity index (χ0v) is 65.1. The highest BCUT2D eigenvalue weighted by molar-refractivity contribution is 6.73. The Balaban J connectivity index is 0.885. The summed E-state index contributed by atoms with van der Waals surface area (Å²) in [6.45, 7) is 0.752. The van der Waals surface area contributed by atoms with Gasteiger partial charge in [-0.2, -0.15) is 0 Å². The van der Waals surface area contributed by atoms with Crippen LogP contribution in [0, 0.1) is 17.8 Å². The Hall–Kier alpha value is -12.2. The molecule has 36 heteroatoms. The van der Waals surface area contributed by atoms with Gasteiger partial charge < -0.3 is 104 Å². The summed E-state index contributed by atoms with van der Waals surface area (Å²) in [4.78, 5) is 169. The summed E-state index contributed by atoms with van der Waals surface area (Å²) < 4.78 is 52.4. The highest BCUT2D eigenvalue weighted by Crippen LogP contribution is 2.38. The van der Waals surface area contributed by atoms with Crippen molar-refractivity contribution < 1.29 is 115 Å². The number of carboxylic acid groups (broad SMARTS) is 3. The molecule has 9 atom stereocenters. The van der Waals surface area contributed by atoms with Gasteiger partial charge in [-0.1, -0.05) is 201 Å². The second-order valence-corrected chi connectivity index (χ2v) is 29.4. The number of nitrogens with one attached hydrogen (secondary N) is 6. The van der Waals surface area contributed by atoms with Crippen LogP contribution < -0.4 is 31.9 Å². The lowest BCUT2D eigenvalue weighted by Crippen LogP contribution is -2.60. The summed E-state index contributed by atoms with van der Waals surface area (Å²) in [7, 11) is -3.54. The molecule has 6 aromatic carbocycles. The normalized spacial score (nSPS) is 20.3. The Morgan fingerprint density at radius 2 is 0.538 bits per heavy atom. The molecule has 4 aliphatic rings. The van der Waals surface area contributed by atoms with Crippen molar-refractivity contribution in [2.75, 3.05) is 39.3 Å². The molecule has 33 nitrogen and oxygen atoms in total. The van der Waals surface area contributed by atoms with Crippen LogP contribution in [0.3, 0.4) is 0 Å². The Kier molecular flexibility index (Phi) is 31.3. The van der Waals surface area contributed by atoms with Crippen LogP contribution in [0.2, 0.25) is 19.0 Å². The minimum atomic E-state index is -2.18. The summed E-state index contributed by atoms with van der Waals surface area (Å²) in [5, 5.41) is 49.0. The van der Waals surface area contributed by atoms with Crippen molar-refractivity contribution >= 4 is 93.5 Å². The Morgan fingerprint density at radius 3 is 0.735 bits per heavy atom. The second kappa shape index (κ2) is 41.9. The minimum absolute atomic E-state index is 0.00806. The molecule has 0 spiro atoms. The van der Waals surface area contributed by atoms with Crippen molar-refractivity contribution in [2.24, 2.45) is 17.8 Å². The molecule has 0 aromatic heterocycles. The van der Waals surface area contributed by atoms with Gasteiger partial charge in [-0.25, -0.2) is 43.2 Å². The van der Waals surface area contributed by atoms with Crippen LogP contribution in [0.5, 0.6) is 0 Å². The van der Waals surface area contributed by atoms with Crippen LogP contribution in [0.4, 0.5) is 28.8 Å². The van der Waals surface area contributed by atoms with E-state index in [1.54, 1.807) is 182 Å². The first-order valence-electron chi connectivity index (χ1n) is 38.7. The molecule has 0 unspecified atom stereocenters. The van der Waals surface area contributed by atoms with Crippen LogP contribution in [-0.2, 0) is 111 Å². The maximum atomic E-state index is 14.3. The van der Waals surface area contributed by atoms with E-state index in [0.717, 1.165) is 0 Å². The van der Waals surface area contributed by atoms with Crippen molar-refractivity contribution in [1.29, 1.82) is 0 Å². The Labute approximate surface area is 677 Å². The molecule has 4 heterocycles. The molecule has 10 rings (SSSR count). The highest BCUT2D eigenvalue weighted by Gasteiger charge is 2.59. The maximum absolute atomic E-state index is 14.3. The number of carbonyl (C=O) groups is 12. The van der Waals surface area contributed by atoms with Gasteiger partial charge in [0.05, 0.1) is 19.6 Å². The standard InChI is InChI=1S/C81H96B3N9O24/c1-55(85-73(103)109-46-58-25-10-4-11-26-58)67(94)91-43-64(79(52-91,70(97)98)88-76(106)112-49-61-31-16-7-17-32-61)37-22-40-82-115-83(41-23-38-65-44-92(68(95)56(2)86-74(104)110-47-59-27-12-5-13-28-59)53-80(65,71(99)100)89-77(107)113-50-62-33-18-8-19-34-62)117-84(116-82)42-24-39-66-45-93(69(96)57(3)87-75(105)111-48-60-29-14-6-15-30-60)54-81(66,72(101)102)90-78(108)114-51-63-35-20-9-21-36-63/h4-21,25-36,55-57,64-66H,22-24,37-54H2,1-3H3,(H,85,103)(H,86,104)(H,87,105)(H,88,106)(H,89,107)(H,90,108)(H,97,98)(H,99,100)(H,101,102)/t55-,56-,57-,64-,65-,66-,79-,80-,81-/m0/s1. The lowest BCUT2D eigenvalue weighted by Gasteiger charge is -2.34. The number of rotatable bonds is 36. The summed E-state index contributed by atoms with van der Waals surface area (Å²) in [6.07, 6.45) is -5.91. The Bertz CT molecular complexity index is 3930. The molecule has 4 saturated heterocycles. The first-order valence-corrected chi connectivity index (χ1v) is 38.7. The van der Waals surface area contributed by atoms with E-state index in [-0.39, 0.29) is 117 Å². The number of ether oxygens (including phenoxy) is 6. The fourth-order valence-corrected chi connectivity index (χ4v) is 14.8. The van der Waals surface area contributed by atoms with Crippen LogP contribution in [0.1, 0.15) is 92.7 Å². The van der Waals surface area contributed by atoms with E-state index in [1.807, 2.05) is 0 Å². The second-order valence-electron chi connectivity index (χ2n) is 29.4. The number of alkyl carbamates (subject to hydrolysis) is 6. The summed E-state index contributed by atoms with van der Waals surface area (Å²) in [5.74, 6) is -9.71. The molecule has 0 radical (unpaired) electrons. The number of hydrogen-bond acceptors (Lipinski definition) is 21. The van der Waals surface area contributed by atoms with Gasteiger partial charge in [0.2, 0.25) is 17.7 Å². The smallest absolute Gasteiger partial charge is 0.429 e. The number of likely N-dealkylation sites (tertiary alicyclic amines) is 3. The topological polar surface area (TPSA) is 430 Å². The van der Waals surface area contributed by atoms with Gasteiger partial charge in [0, 0.05) is 37.4 Å². The van der Waals surface area contributed by atoms with E-state index < -0.39 is 166 Å². The number of hydrogen-bond donors (Lipinski definition) is 9. The average Bonchev–Trinajstić information content (AvgIpc) is 1.63. The third-order valence-corrected chi connectivity index (χ3v) is 21.1. The van der Waals surface area contributed by atoms with E-state index in [9.17, 15) is 72.9 Å². The number of amides is 9. The zero-order valence-electron chi connectivity index (χ0n) is 65.1. The summed E-state index contributed by atoms with van der Waals surface area (Å²) >= 11 is 0. The SMILES string of the molecule is C[C@H](NC(=O)OCc1ccccc1)C(=O)N1C[C@H](CCCB2OB(CCC[C@H]3CN(C(=O)[C@H](C)NC(=O)OCc4ccccc4)C[C@@]3(NC(=O)OCc3ccccc3)C(=O)O)OB(CCC[C@H]3CN(C(=O)[C@H](C)NC(=O)OCc4ccccc4)C[C@@]3(NC(=O)OCc3ccccc3)C(=O)O)O2)[C@](NC(=O)OCc2ccccc2)(C(=O)O)C1. The first-order chi connectivity index (χ1) is 56.3. The number of carbonyl (C=O) groups excluding carboxylic acids is 9. The number of nitrogens with zero attached hydrogens (tertiary/aromatic N) is 3. The van der Waals surface area contributed by atoms with Crippen molar-refractivity contribution in [3.05, 3.63) is 215 Å². The van der Waals surface area contributed by atoms with E-state index in [2.05, 4.69) is 31.9 Å². The van der Waals surface area contributed by atoms with E-state index in [4.69, 9.17) is 42.1 Å². The summed E-state index contributed by atoms with van der Waals surface area (Å²) in [5.41, 5.74) is -2.70. The molecule has 117 heavy (non-hydrogen) atoms. The molecule has 4 aliphatic heterocycles. The van der Waals surface area contributed by atoms with Crippen LogP contribution in [0.25, 0.3) is 0 Å². The molecule has 4 fully saturated rings. The number of carboxylic acids is 3. The predicted octanol–water partition coefficient (Wildman–Crippen LogP) is 8.42. The largest absolute Gasteiger partial charge is 0.479 e. The number of aliphatic carboxylic acids is 3.